The number of hydrogen-bond acceptors (Lipinski definition) is 2. The monoisotopic (exact) mass is 250 g/mol. The highest BCUT2D eigenvalue weighted by Gasteiger charge is 2.09. The fourth-order valence-corrected chi connectivity index (χ4v) is 1.69. The minimum atomic E-state index is -0.123. The van der Waals surface area contributed by atoms with Crippen LogP contribution in [0.5, 0.6) is 0 Å². The molecule has 4 heteroatoms. The standard InChI is InChI=1S/C13H15ClN2O/c1-3-8-15-13(17)9-16-10(2)11-6-4-5-7-12(11)14/h1,4-7,10,16H,8-9H2,2H3,(H,15,17). The molecule has 17 heavy (non-hydrogen) atoms. The highest BCUT2D eigenvalue weighted by atomic mass is 35.5. The summed E-state index contributed by atoms with van der Waals surface area (Å²) in [7, 11) is 0. The molecule has 0 aliphatic rings. The van der Waals surface area contributed by atoms with Crippen LogP contribution < -0.4 is 10.6 Å². The van der Waals surface area contributed by atoms with Crippen molar-refractivity contribution in [3.05, 3.63) is 34.9 Å². The molecule has 90 valence electrons. The molecule has 1 rings (SSSR count). The maximum absolute atomic E-state index is 11.3. The number of halogens is 1. The van der Waals surface area contributed by atoms with Crippen LogP contribution in [0.15, 0.2) is 24.3 Å². The van der Waals surface area contributed by atoms with Gasteiger partial charge in [-0.05, 0) is 18.6 Å². The molecule has 3 nitrogen and oxygen atoms in total. The number of carbonyl (C=O) groups excluding carboxylic acids is 1. The smallest absolute Gasteiger partial charge is 0.234 e. The topological polar surface area (TPSA) is 41.1 Å². The van der Waals surface area contributed by atoms with Crippen LogP contribution in [0, 0.1) is 12.3 Å². The molecule has 0 saturated carbocycles. The van der Waals surface area contributed by atoms with Crippen molar-refractivity contribution in [2.75, 3.05) is 13.1 Å². The summed E-state index contributed by atoms with van der Waals surface area (Å²) in [6.45, 7) is 2.42. The first-order chi connectivity index (χ1) is 8.15. The fourth-order valence-electron chi connectivity index (χ4n) is 1.39. The van der Waals surface area contributed by atoms with Gasteiger partial charge < -0.3 is 10.6 Å². The van der Waals surface area contributed by atoms with E-state index in [-0.39, 0.29) is 25.0 Å². The molecular weight excluding hydrogens is 236 g/mol. The zero-order valence-electron chi connectivity index (χ0n) is 9.66. The van der Waals surface area contributed by atoms with Crippen LogP contribution >= 0.6 is 11.6 Å². The number of hydrogen-bond donors (Lipinski definition) is 2. The zero-order chi connectivity index (χ0) is 12.7. The second-order valence-corrected chi connectivity index (χ2v) is 4.01. The largest absolute Gasteiger partial charge is 0.344 e. The number of terminal acetylenes is 1. The molecule has 1 atom stereocenters. The van der Waals surface area contributed by atoms with Gasteiger partial charge in [-0.3, -0.25) is 4.79 Å². The lowest BCUT2D eigenvalue weighted by Crippen LogP contribution is -2.35. The predicted octanol–water partition coefficient (Wildman–Crippen LogP) is 1.74. The molecule has 0 radical (unpaired) electrons. The van der Waals surface area contributed by atoms with E-state index in [0.29, 0.717) is 5.02 Å². The Kier molecular flexibility index (Phi) is 5.55. The van der Waals surface area contributed by atoms with E-state index in [1.54, 1.807) is 0 Å². The van der Waals surface area contributed by atoms with E-state index in [4.69, 9.17) is 18.0 Å². The van der Waals surface area contributed by atoms with E-state index in [1.807, 2.05) is 31.2 Å². The van der Waals surface area contributed by atoms with Crippen LogP contribution in [0.1, 0.15) is 18.5 Å². The van der Waals surface area contributed by atoms with Gasteiger partial charge in [0.2, 0.25) is 5.91 Å². The Bertz CT molecular complexity index is 426. The summed E-state index contributed by atoms with van der Waals surface area (Å²) in [4.78, 5) is 11.3. The van der Waals surface area contributed by atoms with Gasteiger partial charge in [-0.2, -0.15) is 0 Å². The third-order valence-corrected chi connectivity index (χ3v) is 2.67. The molecule has 2 N–H and O–H groups in total. The first kappa shape index (κ1) is 13.6. The molecule has 0 fully saturated rings. The lowest BCUT2D eigenvalue weighted by molar-refractivity contribution is -0.120. The maximum Gasteiger partial charge on any atom is 0.234 e. The van der Waals surface area contributed by atoms with E-state index in [2.05, 4.69) is 16.6 Å². The van der Waals surface area contributed by atoms with E-state index < -0.39 is 0 Å². The summed E-state index contributed by atoms with van der Waals surface area (Å²) in [5.41, 5.74) is 0.971. The molecule has 1 aromatic rings. The molecule has 0 bridgehead atoms. The normalized spacial score (nSPS) is 11.6. The second-order valence-electron chi connectivity index (χ2n) is 3.60. The molecule has 1 aromatic carbocycles. The number of carbonyl (C=O) groups is 1. The number of benzene rings is 1. The quantitative estimate of drug-likeness (QED) is 0.782. The average molecular weight is 251 g/mol. The minimum Gasteiger partial charge on any atom is -0.344 e. The van der Waals surface area contributed by atoms with Crippen LogP contribution in [-0.2, 0) is 4.79 Å². The van der Waals surface area contributed by atoms with E-state index in [9.17, 15) is 4.79 Å². The van der Waals surface area contributed by atoms with Gasteiger partial charge in [0.1, 0.15) is 0 Å². The van der Waals surface area contributed by atoms with Gasteiger partial charge in [-0.1, -0.05) is 35.7 Å². The van der Waals surface area contributed by atoms with Gasteiger partial charge in [0.05, 0.1) is 13.1 Å². The third-order valence-electron chi connectivity index (χ3n) is 2.33. The van der Waals surface area contributed by atoms with Crippen LogP contribution in [0.25, 0.3) is 0 Å². The Morgan fingerprint density at radius 1 is 1.53 bits per heavy atom. The molecule has 0 saturated heterocycles. The Morgan fingerprint density at radius 2 is 2.24 bits per heavy atom. The third kappa shape index (κ3) is 4.48. The average Bonchev–Trinajstić information content (AvgIpc) is 2.34. The van der Waals surface area contributed by atoms with Gasteiger partial charge >= 0.3 is 0 Å². The van der Waals surface area contributed by atoms with E-state index in [0.717, 1.165) is 5.56 Å². The lowest BCUT2D eigenvalue weighted by Gasteiger charge is -2.15. The fraction of sp³-hybridized carbons (Fsp3) is 0.308. The van der Waals surface area contributed by atoms with Crippen molar-refractivity contribution >= 4 is 17.5 Å². The summed E-state index contributed by atoms with van der Waals surface area (Å²) in [5.74, 6) is 2.22. The lowest BCUT2D eigenvalue weighted by atomic mass is 10.1. The summed E-state index contributed by atoms with van der Waals surface area (Å²) >= 11 is 6.05. The van der Waals surface area contributed by atoms with Gasteiger partial charge in [-0.25, -0.2) is 0 Å². The first-order valence-corrected chi connectivity index (χ1v) is 5.71. The Hall–Kier alpha value is -1.50. The molecule has 1 amide bonds. The van der Waals surface area contributed by atoms with E-state index >= 15 is 0 Å². The summed E-state index contributed by atoms with van der Waals surface area (Å²) < 4.78 is 0. The number of amides is 1. The number of rotatable bonds is 5. The van der Waals surface area contributed by atoms with Gasteiger partial charge in [-0.15, -0.1) is 6.42 Å². The first-order valence-electron chi connectivity index (χ1n) is 5.33. The summed E-state index contributed by atoms with van der Waals surface area (Å²) in [6, 6.07) is 7.56. The Balaban J connectivity index is 2.45. The summed E-state index contributed by atoms with van der Waals surface area (Å²) in [6.07, 6.45) is 5.04. The van der Waals surface area contributed by atoms with Crippen molar-refractivity contribution in [2.24, 2.45) is 0 Å². The summed E-state index contributed by atoms with van der Waals surface area (Å²) in [5, 5.41) is 6.36. The highest BCUT2D eigenvalue weighted by Crippen LogP contribution is 2.21. The van der Waals surface area contributed by atoms with Crippen LogP contribution in [-0.4, -0.2) is 19.0 Å². The van der Waals surface area contributed by atoms with Crippen LogP contribution in [0.2, 0.25) is 5.02 Å². The van der Waals surface area contributed by atoms with Crippen LogP contribution in [0.3, 0.4) is 0 Å². The molecule has 0 heterocycles. The van der Waals surface area contributed by atoms with E-state index in [1.165, 1.54) is 0 Å². The second kappa shape index (κ2) is 6.95. The van der Waals surface area contributed by atoms with Crippen molar-refractivity contribution in [1.82, 2.24) is 10.6 Å². The van der Waals surface area contributed by atoms with Crippen LogP contribution in [0.4, 0.5) is 0 Å². The molecular formula is C13H15ClN2O. The van der Waals surface area contributed by atoms with Crippen molar-refractivity contribution in [3.8, 4) is 12.3 Å². The van der Waals surface area contributed by atoms with Crippen molar-refractivity contribution < 1.29 is 4.79 Å². The van der Waals surface area contributed by atoms with Gasteiger partial charge in [0, 0.05) is 11.1 Å². The number of nitrogens with one attached hydrogen (secondary N) is 2. The molecule has 0 spiro atoms. The Morgan fingerprint density at radius 3 is 2.88 bits per heavy atom. The Labute approximate surface area is 107 Å². The minimum absolute atomic E-state index is 0.0142. The zero-order valence-corrected chi connectivity index (χ0v) is 10.4. The molecule has 1 unspecified atom stereocenters. The highest BCUT2D eigenvalue weighted by molar-refractivity contribution is 6.31. The molecule has 0 aliphatic heterocycles. The van der Waals surface area contributed by atoms with Gasteiger partial charge in [0.25, 0.3) is 0 Å². The predicted molar refractivity (Wildman–Crippen MR) is 69.7 cm³/mol. The van der Waals surface area contributed by atoms with Crippen molar-refractivity contribution in [3.63, 3.8) is 0 Å². The SMILES string of the molecule is C#CCNC(=O)CNC(C)c1ccccc1Cl. The maximum atomic E-state index is 11.3. The van der Waals surface area contributed by atoms with Crippen molar-refractivity contribution in [1.29, 1.82) is 0 Å². The molecule has 0 aromatic heterocycles. The van der Waals surface area contributed by atoms with Crippen molar-refractivity contribution in [2.45, 2.75) is 13.0 Å². The molecule has 0 aliphatic carbocycles. The van der Waals surface area contributed by atoms with Gasteiger partial charge in [0.15, 0.2) is 0 Å².